The molecule has 0 bridgehead atoms. The van der Waals surface area contributed by atoms with E-state index >= 15 is 0 Å². The Morgan fingerprint density at radius 1 is 1.31 bits per heavy atom. The van der Waals surface area contributed by atoms with E-state index in [2.05, 4.69) is 29.0 Å². The highest BCUT2D eigenvalue weighted by Crippen LogP contribution is 2.27. The number of hydrogen-bond donors (Lipinski definition) is 3. The van der Waals surface area contributed by atoms with Crippen LogP contribution in [0.4, 0.5) is 0 Å². The van der Waals surface area contributed by atoms with Crippen LogP contribution in [-0.2, 0) is 16.6 Å². The molecule has 3 heterocycles. The molecule has 2 atom stereocenters. The van der Waals surface area contributed by atoms with Crippen LogP contribution in [0.15, 0.2) is 58.0 Å². The number of H-pyrrole nitrogens is 1. The first-order chi connectivity index (χ1) is 15.4. The molecule has 12 heteroatoms. The molecule has 1 aromatic carbocycles. The van der Waals surface area contributed by atoms with E-state index in [1.165, 1.54) is 12.1 Å². The summed E-state index contributed by atoms with van der Waals surface area (Å²) in [7, 11) is -3.78. The van der Waals surface area contributed by atoms with Crippen LogP contribution in [0.1, 0.15) is 25.7 Å². The van der Waals surface area contributed by atoms with Gasteiger partial charge < -0.3 is 9.72 Å². The predicted octanol–water partition coefficient (Wildman–Crippen LogP) is 2.98. The van der Waals surface area contributed by atoms with Crippen molar-refractivity contribution in [2.24, 2.45) is 4.40 Å². The summed E-state index contributed by atoms with van der Waals surface area (Å²) in [6.45, 7) is 4.16. The van der Waals surface area contributed by atoms with Crippen molar-refractivity contribution in [3.8, 4) is 11.8 Å². The number of nitrogens with zero attached hydrogens (tertiary/aromatic N) is 4. The van der Waals surface area contributed by atoms with Gasteiger partial charge in [0, 0.05) is 24.3 Å². The topological polar surface area (TPSA) is 126 Å². The third-order valence-corrected chi connectivity index (χ3v) is 7.42. The van der Waals surface area contributed by atoms with Crippen LogP contribution in [0.25, 0.3) is 10.9 Å². The van der Waals surface area contributed by atoms with E-state index in [9.17, 15) is 8.42 Å². The molecule has 3 aromatic rings. The zero-order valence-corrected chi connectivity index (χ0v) is 18.9. The van der Waals surface area contributed by atoms with Gasteiger partial charge in [-0.1, -0.05) is 11.2 Å². The van der Waals surface area contributed by atoms with Crippen molar-refractivity contribution in [3.63, 3.8) is 0 Å². The number of allylic oxidation sites excluding steroid dienone is 1. The number of ether oxygens (including phenoxy) is 1. The second-order valence-corrected chi connectivity index (χ2v) is 9.68. The van der Waals surface area contributed by atoms with E-state index in [4.69, 9.17) is 4.74 Å². The van der Waals surface area contributed by atoms with Gasteiger partial charge >= 0.3 is 6.01 Å². The molecular formula is C20H21N7O3S2. The average Bonchev–Trinajstić information content (AvgIpc) is 3.51. The summed E-state index contributed by atoms with van der Waals surface area (Å²) in [6, 6.07) is 7.26. The van der Waals surface area contributed by atoms with Crippen LogP contribution in [-0.4, -0.2) is 39.9 Å². The van der Waals surface area contributed by atoms with Crippen LogP contribution in [0.5, 0.6) is 11.8 Å². The molecule has 0 spiro atoms. The fraction of sp³-hybridized carbons (Fsp3) is 0.250. The highest BCUT2D eigenvalue weighted by molar-refractivity contribution is 7.96. The molecule has 1 aliphatic heterocycles. The summed E-state index contributed by atoms with van der Waals surface area (Å²) in [5.41, 5.74) is 1.62. The summed E-state index contributed by atoms with van der Waals surface area (Å²) in [5, 5.41) is 9.42. The monoisotopic (exact) mass is 471 g/mol. The Bertz CT molecular complexity index is 1370. The lowest BCUT2D eigenvalue weighted by molar-refractivity contribution is 0.408. The van der Waals surface area contributed by atoms with E-state index in [0.29, 0.717) is 29.8 Å². The van der Waals surface area contributed by atoms with Crippen molar-refractivity contribution in [1.82, 2.24) is 29.2 Å². The maximum absolute atomic E-state index is 12.9. The van der Waals surface area contributed by atoms with Gasteiger partial charge in [0.15, 0.2) is 5.82 Å². The van der Waals surface area contributed by atoms with Gasteiger partial charge in [-0.2, -0.15) is 0 Å². The Kier molecular flexibility index (Phi) is 5.37. The third-order valence-electron chi connectivity index (χ3n) is 5.22. The highest BCUT2D eigenvalue weighted by Gasteiger charge is 2.29. The predicted molar refractivity (Wildman–Crippen MR) is 124 cm³/mol. The highest BCUT2D eigenvalue weighted by atomic mass is 32.2. The Morgan fingerprint density at radius 2 is 2.19 bits per heavy atom. The minimum Gasteiger partial charge on any atom is -0.424 e. The number of benzene rings is 1. The summed E-state index contributed by atoms with van der Waals surface area (Å²) in [4.78, 5) is 3.30. The van der Waals surface area contributed by atoms with E-state index in [-0.39, 0.29) is 10.9 Å². The molecule has 10 nitrogen and oxygen atoms in total. The Balaban J connectivity index is 1.36. The summed E-state index contributed by atoms with van der Waals surface area (Å²) in [5.74, 6) is 1.07. The minimum absolute atomic E-state index is 0.0653. The molecule has 0 saturated heterocycles. The van der Waals surface area contributed by atoms with Crippen LogP contribution >= 0.6 is 12.1 Å². The van der Waals surface area contributed by atoms with Crippen molar-refractivity contribution in [1.29, 1.82) is 0 Å². The van der Waals surface area contributed by atoms with E-state index in [0.717, 1.165) is 10.9 Å². The first-order valence-electron chi connectivity index (χ1n) is 10.0. The van der Waals surface area contributed by atoms with Crippen molar-refractivity contribution in [2.45, 2.75) is 32.5 Å². The van der Waals surface area contributed by atoms with Crippen molar-refractivity contribution in [2.75, 3.05) is 0 Å². The summed E-state index contributed by atoms with van der Waals surface area (Å²) in [6.07, 6.45) is 6.79. The van der Waals surface area contributed by atoms with Crippen LogP contribution in [0.3, 0.4) is 0 Å². The minimum atomic E-state index is -3.78. The fourth-order valence-electron chi connectivity index (χ4n) is 3.60. The number of sulfonamides is 1. The molecule has 3 N–H and O–H groups in total. The second kappa shape index (κ2) is 8.20. The lowest BCUT2D eigenvalue weighted by Crippen LogP contribution is -2.32. The molecule has 166 valence electrons. The third kappa shape index (κ3) is 3.86. The Hall–Kier alpha value is -2.93. The number of nitrogens with one attached hydrogen (secondary N) is 3. The molecule has 2 aromatic heterocycles. The number of rotatable bonds is 7. The van der Waals surface area contributed by atoms with E-state index in [1.54, 1.807) is 29.7 Å². The molecule has 0 radical (unpaired) electrons. The smallest absolute Gasteiger partial charge is 0.322 e. The zero-order valence-electron chi connectivity index (χ0n) is 17.3. The van der Waals surface area contributed by atoms with Crippen LogP contribution in [0, 0.1) is 0 Å². The molecule has 0 fully saturated rings. The first kappa shape index (κ1) is 20.9. The molecule has 1 aliphatic carbocycles. The lowest BCUT2D eigenvalue weighted by atomic mass is 10.1. The number of fused-ring (bicyclic) bond motifs is 2. The van der Waals surface area contributed by atoms with Gasteiger partial charge in [0.2, 0.25) is 10.0 Å². The van der Waals surface area contributed by atoms with Crippen LogP contribution < -0.4 is 14.2 Å². The number of hydrogen-bond acceptors (Lipinski definition) is 8. The van der Waals surface area contributed by atoms with E-state index in [1.807, 2.05) is 37.4 Å². The summed E-state index contributed by atoms with van der Waals surface area (Å²) >= 11 is 1.20. The van der Waals surface area contributed by atoms with Crippen molar-refractivity contribution < 1.29 is 13.2 Å². The Morgan fingerprint density at radius 3 is 3.03 bits per heavy atom. The molecular weight excluding hydrogens is 450 g/mol. The fourth-order valence-corrected chi connectivity index (χ4v) is 5.48. The molecule has 0 amide bonds. The van der Waals surface area contributed by atoms with E-state index < -0.39 is 16.1 Å². The van der Waals surface area contributed by atoms with Gasteiger partial charge in [0.1, 0.15) is 5.75 Å². The molecule has 32 heavy (non-hydrogen) atoms. The molecule has 5 rings (SSSR count). The number of aromatic amines is 1. The molecule has 1 unspecified atom stereocenters. The normalized spacial score (nSPS) is 19.0. The molecule has 2 aliphatic rings. The maximum atomic E-state index is 12.9. The summed E-state index contributed by atoms with van der Waals surface area (Å²) < 4.78 is 43.5. The van der Waals surface area contributed by atoms with Gasteiger partial charge in [-0.15, -0.1) is 5.10 Å². The van der Waals surface area contributed by atoms with Crippen LogP contribution in [0.2, 0.25) is 0 Å². The average molecular weight is 472 g/mol. The second-order valence-electron chi connectivity index (χ2n) is 7.37. The van der Waals surface area contributed by atoms with Gasteiger partial charge in [0.25, 0.3) is 0 Å². The van der Waals surface area contributed by atoms with Gasteiger partial charge in [-0.05, 0) is 49.6 Å². The zero-order chi connectivity index (χ0) is 22.3. The standard InChI is InChI=1S/C20H21N7O3S2/c1-3-27-19(22-23-20(27)30-14-5-4-13-8-9-21-17(13)10-14)12(2)26-32(28,29)15-6-7-16-18(11-15)25-31-24-16/h4-12,16,21,24,26H,3H2,1-2H3/t12-,16?/m1/s1. The quantitative estimate of drug-likeness (QED) is 0.452. The molecule has 0 saturated carbocycles. The number of aromatic nitrogens is 4. The van der Waals surface area contributed by atoms with Crippen molar-refractivity contribution in [3.05, 3.63) is 59.4 Å². The maximum Gasteiger partial charge on any atom is 0.322 e. The van der Waals surface area contributed by atoms with Gasteiger partial charge in [-0.25, -0.2) is 22.3 Å². The Labute approximate surface area is 189 Å². The van der Waals surface area contributed by atoms with Gasteiger partial charge in [0.05, 0.1) is 34.8 Å². The largest absolute Gasteiger partial charge is 0.424 e. The SMILES string of the molecule is CCn1c(Oc2ccc3cc[nH]c3c2)nnc1[C@@H](C)NS(=O)(=O)C1=CC2=NSNC2C=C1. The lowest BCUT2D eigenvalue weighted by Gasteiger charge is -2.17. The van der Waals surface area contributed by atoms with Gasteiger partial charge in [-0.3, -0.25) is 4.57 Å². The van der Waals surface area contributed by atoms with Crippen molar-refractivity contribution >= 4 is 38.8 Å². The first-order valence-corrected chi connectivity index (χ1v) is 12.3.